The van der Waals surface area contributed by atoms with Crippen molar-refractivity contribution in [3.63, 3.8) is 0 Å². The minimum atomic E-state index is -0.697. The Labute approximate surface area is 207 Å². The molecule has 2 unspecified atom stereocenters. The molecule has 0 radical (unpaired) electrons. The molecule has 5 rings (SSSR count). The topological polar surface area (TPSA) is 64.2 Å². The molecule has 0 spiro atoms. The van der Waals surface area contributed by atoms with Crippen molar-refractivity contribution in [2.24, 2.45) is 0 Å². The van der Waals surface area contributed by atoms with Crippen molar-refractivity contribution in [3.05, 3.63) is 114 Å². The summed E-state index contributed by atoms with van der Waals surface area (Å²) in [4.78, 5) is 10.8. The van der Waals surface area contributed by atoms with Crippen molar-refractivity contribution in [3.8, 4) is 11.4 Å². The predicted molar refractivity (Wildman–Crippen MR) is 141 cm³/mol. The van der Waals surface area contributed by atoms with Gasteiger partial charge in [0.05, 0.1) is 5.69 Å². The maximum Gasteiger partial charge on any atom is 0.137 e. The molecule has 1 saturated heterocycles. The Kier molecular flexibility index (Phi) is 7.38. The molecule has 1 aliphatic heterocycles. The summed E-state index contributed by atoms with van der Waals surface area (Å²) in [5, 5.41) is 15.3. The van der Waals surface area contributed by atoms with Crippen molar-refractivity contribution in [1.82, 2.24) is 20.2 Å². The van der Waals surface area contributed by atoms with Crippen molar-refractivity contribution < 1.29 is 5.11 Å². The number of benzene rings is 3. The lowest BCUT2D eigenvalue weighted by molar-refractivity contribution is 0.0316. The van der Waals surface area contributed by atoms with Crippen molar-refractivity contribution in [1.29, 1.82) is 0 Å². The molecular formula is C30H34N4O. The average molecular weight is 467 g/mol. The van der Waals surface area contributed by atoms with E-state index in [2.05, 4.69) is 75.9 Å². The van der Waals surface area contributed by atoms with E-state index in [0.717, 1.165) is 55.4 Å². The fourth-order valence-electron chi connectivity index (χ4n) is 5.25. The molecule has 35 heavy (non-hydrogen) atoms. The number of H-pyrrole nitrogens is 1. The van der Waals surface area contributed by atoms with Gasteiger partial charge >= 0.3 is 0 Å². The molecule has 4 aromatic rings. The van der Waals surface area contributed by atoms with Crippen LogP contribution in [0.25, 0.3) is 11.4 Å². The normalized spacial score (nSPS) is 16.3. The third-order valence-corrected chi connectivity index (χ3v) is 7.12. The van der Waals surface area contributed by atoms with E-state index in [1.165, 1.54) is 11.1 Å². The summed E-state index contributed by atoms with van der Waals surface area (Å²) in [6.07, 6.45) is 0.110. The number of piperazine rings is 1. The van der Waals surface area contributed by atoms with Gasteiger partial charge in [-0.3, -0.25) is 4.90 Å². The Morgan fingerprint density at radius 2 is 1.37 bits per heavy atom. The third kappa shape index (κ3) is 5.38. The van der Waals surface area contributed by atoms with Gasteiger partial charge < -0.3 is 15.4 Å². The van der Waals surface area contributed by atoms with Crippen LogP contribution in [0, 0.1) is 6.92 Å². The van der Waals surface area contributed by atoms with Crippen LogP contribution in [0.2, 0.25) is 0 Å². The van der Waals surface area contributed by atoms with Gasteiger partial charge in [-0.15, -0.1) is 0 Å². The Bertz CT molecular complexity index is 1150. The average Bonchev–Trinajstić information content (AvgIpc) is 3.32. The number of hydrogen-bond donors (Lipinski definition) is 3. The Balaban J connectivity index is 1.50. The minimum absolute atomic E-state index is 0.0619. The van der Waals surface area contributed by atoms with Gasteiger partial charge in [-0.25, -0.2) is 4.98 Å². The Hall–Kier alpha value is -3.25. The first-order valence-corrected chi connectivity index (χ1v) is 12.6. The summed E-state index contributed by atoms with van der Waals surface area (Å²) in [5.74, 6) is 0.985. The number of nitrogens with zero attached hydrogens (tertiary/aromatic N) is 2. The number of aryl methyl sites for hydroxylation is 1. The molecular weight excluding hydrogens is 432 g/mol. The molecule has 180 valence electrons. The summed E-state index contributed by atoms with van der Waals surface area (Å²) in [6, 6.07) is 31.4. The van der Waals surface area contributed by atoms with E-state index in [1.54, 1.807) is 0 Å². The standard InChI is InChI=1S/C30H34N4O/c1-22-28(33-30(32-22)25-15-9-4-10-16-25)29(35)27(34-19-17-31-18-20-34)21-26(23-11-5-2-6-12-23)24-13-7-3-8-14-24/h2-16,26-27,29,31,35H,17-21H2,1H3,(H,32,33). The van der Waals surface area contributed by atoms with Gasteiger partial charge in [0.2, 0.25) is 0 Å². The first kappa shape index (κ1) is 23.5. The van der Waals surface area contributed by atoms with Crippen LogP contribution in [0.3, 0.4) is 0 Å². The number of nitrogens with one attached hydrogen (secondary N) is 2. The first-order chi connectivity index (χ1) is 17.2. The molecule has 5 heteroatoms. The second kappa shape index (κ2) is 11.0. The molecule has 0 saturated carbocycles. The molecule has 0 aliphatic carbocycles. The van der Waals surface area contributed by atoms with Gasteiger partial charge in [-0.1, -0.05) is 91.0 Å². The number of aromatic nitrogens is 2. The van der Waals surface area contributed by atoms with Crippen LogP contribution in [0.1, 0.15) is 41.0 Å². The molecule has 0 amide bonds. The lowest BCUT2D eigenvalue weighted by Crippen LogP contribution is -2.51. The van der Waals surface area contributed by atoms with Crippen LogP contribution in [-0.4, -0.2) is 52.2 Å². The monoisotopic (exact) mass is 466 g/mol. The van der Waals surface area contributed by atoms with E-state index in [1.807, 2.05) is 37.3 Å². The molecule has 5 nitrogen and oxygen atoms in total. The highest BCUT2D eigenvalue weighted by molar-refractivity contribution is 5.55. The van der Waals surface area contributed by atoms with Crippen molar-refractivity contribution in [2.75, 3.05) is 26.2 Å². The van der Waals surface area contributed by atoms with E-state index in [-0.39, 0.29) is 12.0 Å². The molecule has 1 aliphatic rings. The Morgan fingerprint density at radius 3 is 1.94 bits per heavy atom. The zero-order valence-corrected chi connectivity index (χ0v) is 20.3. The molecule has 1 aromatic heterocycles. The number of imidazole rings is 1. The molecule has 3 aromatic carbocycles. The van der Waals surface area contributed by atoms with Crippen molar-refractivity contribution >= 4 is 0 Å². The van der Waals surface area contributed by atoms with Crippen LogP contribution >= 0.6 is 0 Å². The van der Waals surface area contributed by atoms with E-state index in [4.69, 9.17) is 4.98 Å². The van der Waals surface area contributed by atoms with Crippen LogP contribution in [0.5, 0.6) is 0 Å². The number of aromatic amines is 1. The molecule has 3 N–H and O–H groups in total. The van der Waals surface area contributed by atoms with Crippen LogP contribution in [0.4, 0.5) is 0 Å². The van der Waals surface area contributed by atoms with Gasteiger partial charge in [-0.2, -0.15) is 0 Å². The van der Waals surface area contributed by atoms with Gasteiger partial charge in [0.25, 0.3) is 0 Å². The molecule has 2 atom stereocenters. The van der Waals surface area contributed by atoms with E-state index >= 15 is 0 Å². The number of aliphatic hydroxyl groups is 1. The highest BCUT2D eigenvalue weighted by Crippen LogP contribution is 2.36. The Morgan fingerprint density at radius 1 is 0.829 bits per heavy atom. The van der Waals surface area contributed by atoms with E-state index in [0.29, 0.717) is 0 Å². The first-order valence-electron chi connectivity index (χ1n) is 12.6. The number of rotatable bonds is 8. The third-order valence-electron chi connectivity index (χ3n) is 7.12. The van der Waals surface area contributed by atoms with Crippen molar-refractivity contribution in [2.45, 2.75) is 31.4 Å². The predicted octanol–water partition coefficient (Wildman–Crippen LogP) is 4.91. The van der Waals surface area contributed by atoms with E-state index < -0.39 is 6.10 Å². The summed E-state index contributed by atoms with van der Waals surface area (Å²) in [5.41, 5.74) is 5.24. The fraction of sp³-hybridized carbons (Fsp3) is 0.300. The number of aliphatic hydroxyl groups excluding tert-OH is 1. The van der Waals surface area contributed by atoms with Crippen LogP contribution in [-0.2, 0) is 0 Å². The largest absolute Gasteiger partial charge is 0.385 e. The van der Waals surface area contributed by atoms with E-state index in [9.17, 15) is 5.11 Å². The maximum atomic E-state index is 11.9. The number of hydrogen-bond acceptors (Lipinski definition) is 4. The lowest BCUT2D eigenvalue weighted by atomic mass is 9.83. The van der Waals surface area contributed by atoms with Crippen LogP contribution < -0.4 is 5.32 Å². The summed E-state index contributed by atoms with van der Waals surface area (Å²) in [6.45, 7) is 5.69. The smallest absolute Gasteiger partial charge is 0.137 e. The van der Waals surface area contributed by atoms with Gasteiger partial charge in [-0.05, 0) is 24.5 Å². The minimum Gasteiger partial charge on any atom is -0.385 e. The zero-order valence-electron chi connectivity index (χ0n) is 20.3. The SMILES string of the molecule is Cc1[nH]c(-c2ccccc2)nc1C(O)C(CC(c1ccccc1)c1ccccc1)N1CCNCC1. The van der Waals surface area contributed by atoms with Gasteiger partial charge in [0.15, 0.2) is 0 Å². The summed E-state index contributed by atoms with van der Waals surface area (Å²) < 4.78 is 0. The molecule has 2 heterocycles. The molecule has 1 fully saturated rings. The zero-order chi connectivity index (χ0) is 24.0. The fourth-order valence-corrected chi connectivity index (χ4v) is 5.25. The highest BCUT2D eigenvalue weighted by atomic mass is 16.3. The quantitative estimate of drug-likeness (QED) is 0.345. The van der Waals surface area contributed by atoms with Crippen LogP contribution in [0.15, 0.2) is 91.0 Å². The highest BCUT2D eigenvalue weighted by Gasteiger charge is 2.34. The summed E-state index contributed by atoms with van der Waals surface area (Å²) >= 11 is 0. The molecule has 0 bridgehead atoms. The van der Waals surface area contributed by atoms with Gasteiger partial charge in [0.1, 0.15) is 11.9 Å². The lowest BCUT2D eigenvalue weighted by Gasteiger charge is -2.39. The maximum absolute atomic E-state index is 11.9. The second-order valence-electron chi connectivity index (χ2n) is 9.37. The van der Waals surface area contributed by atoms with Gasteiger partial charge in [0, 0.05) is 49.4 Å². The summed E-state index contributed by atoms with van der Waals surface area (Å²) in [7, 11) is 0. The second-order valence-corrected chi connectivity index (χ2v) is 9.37.